The quantitative estimate of drug-likeness (QED) is 0.706. The van der Waals surface area contributed by atoms with Crippen molar-refractivity contribution in [3.8, 4) is 5.75 Å². The van der Waals surface area contributed by atoms with Crippen LogP contribution in [0.4, 0.5) is 4.39 Å². The molecular weight excluding hydrogens is 331 g/mol. The summed E-state index contributed by atoms with van der Waals surface area (Å²) >= 11 is 9.64. The first-order chi connectivity index (χ1) is 9.16. The number of hydrogen-bond acceptors (Lipinski definition) is 1. The Kier molecular flexibility index (Phi) is 3.50. The molecule has 0 spiro atoms. The van der Waals surface area contributed by atoms with Crippen LogP contribution in [0, 0.1) is 5.82 Å². The van der Waals surface area contributed by atoms with E-state index in [2.05, 4.69) is 15.9 Å². The van der Waals surface area contributed by atoms with E-state index in [9.17, 15) is 4.39 Å². The maximum absolute atomic E-state index is 13.9. The lowest BCUT2D eigenvalue weighted by molar-refractivity contribution is 0.357. The first kappa shape index (κ1) is 12.9. The lowest BCUT2D eigenvalue weighted by Crippen LogP contribution is -1.98. The fourth-order valence-electron chi connectivity index (χ4n) is 2.28. The van der Waals surface area contributed by atoms with Crippen LogP contribution in [-0.4, -0.2) is 6.61 Å². The number of ether oxygens (including phenoxy) is 1. The molecule has 0 N–H and O–H groups in total. The summed E-state index contributed by atoms with van der Waals surface area (Å²) in [4.78, 5) is -0.257. The van der Waals surface area contributed by atoms with Crippen LogP contribution in [0.5, 0.6) is 5.75 Å². The summed E-state index contributed by atoms with van der Waals surface area (Å²) < 4.78 is 19.4. The van der Waals surface area contributed by atoms with Crippen molar-refractivity contribution in [3.05, 3.63) is 63.9 Å². The summed E-state index contributed by atoms with van der Waals surface area (Å²) in [5, 5.41) is 0.429. The summed E-state index contributed by atoms with van der Waals surface area (Å²) in [6, 6.07) is 10.6. The third-order valence-corrected chi connectivity index (χ3v) is 4.58. The van der Waals surface area contributed by atoms with Crippen molar-refractivity contribution in [1.82, 2.24) is 0 Å². The first-order valence-corrected chi connectivity index (χ1v) is 7.30. The van der Waals surface area contributed by atoms with Gasteiger partial charge in [0.25, 0.3) is 0 Å². The number of fused-ring (bicyclic) bond motifs is 1. The Balaban J connectivity index is 2.02. The van der Waals surface area contributed by atoms with Crippen LogP contribution in [0.25, 0.3) is 0 Å². The molecule has 0 fully saturated rings. The van der Waals surface area contributed by atoms with Crippen molar-refractivity contribution >= 4 is 27.5 Å². The molecule has 2 aromatic carbocycles. The summed E-state index contributed by atoms with van der Waals surface area (Å²) in [6.07, 6.45) is 0.897. The van der Waals surface area contributed by atoms with E-state index >= 15 is 0 Å². The van der Waals surface area contributed by atoms with E-state index in [1.54, 1.807) is 12.1 Å². The van der Waals surface area contributed by atoms with Crippen LogP contribution in [0.2, 0.25) is 5.02 Å². The van der Waals surface area contributed by atoms with Crippen molar-refractivity contribution < 1.29 is 9.13 Å². The molecule has 1 aliphatic heterocycles. The second-order valence-corrected chi connectivity index (χ2v) is 5.79. The van der Waals surface area contributed by atoms with Gasteiger partial charge in [0.15, 0.2) is 0 Å². The second-order valence-electron chi connectivity index (χ2n) is 4.46. The van der Waals surface area contributed by atoms with E-state index in [0.29, 0.717) is 17.2 Å². The molecule has 2 aromatic rings. The van der Waals surface area contributed by atoms with Gasteiger partial charge in [-0.1, -0.05) is 45.7 Å². The molecule has 98 valence electrons. The highest BCUT2D eigenvalue weighted by atomic mass is 79.9. The topological polar surface area (TPSA) is 9.23 Å². The normalized spacial score (nSPS) is 14.9. The molecule has 1 atom stereocenters. The van der Waals surface area contributed by atoms with E-state index in [4.69, 9.17) is 16.3 Å². The zero-order valence-electron chi connectivity index (χ0n) is 10.00. The second kappa shape index (κ2) is 5.14. The summed E-state index contributed by atoms with van der Waals surface area (Å²) in [7, 11) is 0. The summed E-state index contributed by atoms with van der Waals surface area (Å²) in [6.45, 7) is 0.714. The molecule has 0 bridgehead atoms. The van der Waals surface area contributed by atoms with Crippen molar-refractivity contribution in [2.45, 2.75) is 11.2 Å². The van der Waals surface area contributed by atoms with Crippen molar-refractivity contribution in [2.75, 3.05) is 6.61 Å². The SMILES string of the molecule is Fc1cccc(Cl)c1C(Br)c1ccc2c(c1)CCO2. The van der Waals surface area contributed by atoms with Gasteiger partial charge in [-0.05, 0) is 29.3 Å². The van der Waals surface area contributed by atoms with Gasteiger partial charge in [0.05, 0.1) is 11.4 Å². The lowest BCUT2D eigenvalue weighted by atomic mass is 10.0. The Morgan fingerprint density at radius 2 is 2.11 bits per heavy atom. The maximum atomic E-state index is 13.9. The summed E-state index contributed by atoms with van der Waals surface area (Å²) in [5.74, 6) is 0.620. The molecule has 4 heteroatoms. The van der Waals surface area contributed by atoms with Crippen molar-refractivity contribution in [2.24, 2.45) is 0 Å². The molecule has 1 unspecified atom stereocenters. The minimum atomic E-state index is -0.300. The van der Waals surface area contributed by atoms with Crippen molar-refractivity contribution in [3.63, 3.8) is 0 Å². The van der Waals surface area contributed by atoms with Gasteiger partial charge in [-0.25, -0.2) is 4.39 Å². The van der Waals surface area contributed by atoms with Crippen LogP contribution in [0.3, 0.4) is 0 Å². The zero-order valence-corrected chi connectivity index (χ0v) is 12.3. The third kappa shape index (κ3) is 2.37. The number of hydrogen-bond donors (Lipinski definition) is 0. The Labute approximate surface area is 124 Å². The van der Waals surface area contributed by atoms with Gasteiger partial charge in [-0.2, -0.15) is 0 Å². The van der Waals surface area contributed by atoms with Crippen molar-refractivity contribution in [1.29, 1.82) is 0 Å². The zero-order chi connectivity index (χ0) is 13.4. The molecule has 1 heterocycles. The van der Waals surface area contributed by atoms with Gasteiger partial charge in [0.2, 0.25) is 0 Å². The standard InChI is InChI=1S/C15H11BrClFO/c16-15(14-11(17)2-1-3-12(14)18)10-4-5-13-9(8-10)6-7-19-13/h1-5,8,15H,6-7H2. The average Bonchev–Trinajstić information content (AvgIpc) is 2.85. The highest BCUT2D eigenvalue weighted by Gasteiger charge is 2.20. The monoisotopic (exact) mass is 340 g/mol. The fourth-order valence-corrected chi connectivity index (χ4v) is 3.44. The Hall–Kier alpha value is -1.06. The average molecular weight is 342 g/mol. The predicted molar refractivity (Wildman–Crippen MR) is 77.8 cm³/mol. The third-order valence-electron chi connectivity index (χ3n) is 3.26. The molecule has 0 aromatic heterocycles. The largest absolute Gasteiger partial charge is 0.493 e. The van der Waals surface area contributed by atoms with Gasteiger partial charge < -0.3 is 4.74 Å². The number of rotatable bonds is 2. The first-order valence-electron chi connectivity index (χ1n) is 6.00. The molecule has 0 radical (unpaired) electrons. The minimum absolute atomic E-state index is 0.257. The molecule has 19 heavy (non-hydrogen) atoms. The smallest absolute Gasteiger partial charge is 0.129 e. The van der Waals surface area contributed by atoms with E-state index in [1.165, 1.54) is 6.07 Å². The van der Waals surface area contributed by atoms with Gasteiger partial charge in [-0.15, -0.1) is 0 Å². The molecule has 0 aliphatic carbocycles. The van der Waals surface area contributed by atoms with Crippen LogP contribution >= 0.6 is 27.5 Å². The molecule has 1 aliphatic rings. The Morgan fingerprint density at radius 1 is 1.26 bits per heavy atom. The lowest BCUT2D eigenvalue weighted by Gasteiger charge is -2.14. The highest BCUT2D eigenvalue weighted by Crippen LogP contribution is 2.39. The van der Waals surface area contributed by atoms with Crippen LogP contribution in [-0.2, 0) is 6.42 Å². The molecule has 0 saturated carbocycles. The molecule has 3 rings (SSSR count). The van der Waals surface area contributed by atoms with Crippen LogP contribution in [0.1, 0.15) is 21.5 Å². The Morgan fingerprint density at radius 3 is 2.89 bits per heavy atom. The Bertz CT molecular complexity index is 609. The molecule has 0 saturated heterocycles. The van der Waals surface area contributed by atoms with E-state index in [0.717, 1.165) is 23.3 Å². The molecule has 0 amide bonds. The predicted octanol–water partition coefficient (Wildman–Crippen LogP) is 4.90. The fraction of sp³-hybridized carbons (Fsp3) is 0.200. The van der Waals surface area contributed by atoms with Crippen LogP contribution in [0.15, 0.2) is 36.4 Å². The maximum Gasteiger partial charge on any atom is 0.129 e. The van der Waals surface area contributed by atoms with Gasteiger partial charge in [0.1, 0.15) is 11.6 Å². The number of benzene rings is 2. The summed E-state index contributed by atoms with van der Waals surface area (Å²) in [5.41, 5.74) is 2.62. The number of alkyl halides is 1. The van der Waals surface area contributed by atoms with Gasteiger partial charge in [-0.3, -0.25) is 0 Å². The van der Waals surface area contributed by atoms with E-state index in [1.807, 2.05) is 18.2 Å². The van der Waals surface area contributed by atoms with Gasteiger partial charge >= 0.3 is 0 Å². The van der Waals surface area contributed by atoms with E-state index in [-0.39, 0.29) is 10.6 Å². The minimum Gasteiger partial charge on any atom is -0.493 e. The van der Waals surface area contributed by atoms with Gasteiger partial charge in [0, 0.05) is 17.0 Å². The molecular formula is C15H11BrClFO. The highest BCUT2D eigenvalue weighted by molar-refractivity contribution is 9.09. The van der Waals surface area contributed by atoms with Crippen LogP contribution < -0.4 is 4.74 Å². The number of halogens is 3. The van der Waals surface area contributed by atoms with E-state index < -0.39 is 0 Å². The molecule has 1 nitrogen and oxygen atoms in total.